The van der Waals surface area contributed by atoms with E-state index in [2.05, 4.69) is 24.0 Å². The van der Waals surface area contributed by atoms with E-state index in [0.29, 0.717) is 0 Å². The van der Waals surface area contributed by atoms with Crippen LogP contribution in [0.3, 0.4) is 0 Å². The Morgan fingerprint density at radius 2 is 1.96 bits per heavy atom. The molecule has 0 spiro atoms. The minimum atomic E-state index is -4.78. The summed E-state index contributed by atoms with van der Waals surface area (Å²) in [5.74, 6) is 0.105. The van der Waals surface area contributed by atoms with E-state index in [1.54, 1.807) is 0 Å². The molecule has 2 rings (SSSR count). The van der Waals surface area contributed by atoms with Crippen LogP contribution in [-0.2, 0) is 20.2 Å². The van der Waals surface area contributed by atoms with Crippen LogP contribution in [0, 0.1) is 0 Å². The molecule has 0 fully saturated rings. The van der Waals surface area contributed by atoms with Gasteiger partial charge in [0, 0.05) is 0 Å². The minimum absolute atomic E-state index is 0.105. The highest BCUT2D eigenvalue weighted by Crippen LogP contribution is 2.45. The number of nitrogens with zero attached hydrogens (tertiary/aromatic N) is 4. The summed E-state index contributed by atoms with van der Waals surface area (Å²) in [7, 11) is -4.78. The molecule has 0 aliphatic carbocycles. The first-order chi connectivity index (χ1) is 11.2. The number of fused-ring (bicyclic) bond motifs is 1. The minimum Gasteiger partial charge on any atom is -0.382 e. The number of phosphoric acid groups is 1. The van der Waals surface area contributed by atoms with Crippen molar-refractivity contribution < 1.29 is 38.9 Å². The molecule has 0 saturated heterocycles. The van der Waals surface area contributed by atoms with Crippen LogP contribution in [0.5, 0.6) is 0 Å². The van der Waals surface area contributed by atoms with Crippen LogP contribution in [0.15, 0.2) is 12.7 Å². The first kappa shape index (κ1) is 18.6. The van der Waals surface area contributed by atoms with Gasteiger partial charge >= 0.3 is 7.82 Å². The Bertz CT molecular complexity index is 737. The number of hydrogen-bond donors (Lipinski definition) is 6. The quantitative estimate of drug-likeness (QED) is 0.212. The van der Waals surface area contributed by atoms with Crippen molar-refractivity contribution in [2.24, 2.45) is 0 Å². The lowest BCUT2D eigenvalue weighted by Crippen LogP contribution is -2.32. The third kappa shape index (κ3) is 4.66. The van der Waals surface area contributed by atoms with Crippen LogP contribution in [0.25, 0.3) is 11.2 Å². The largest absolute Gasteiger partial charge is 0.472 e. The highest BCUT2D eigenvalue weighted by molar-refractivity contribution is 7.47. The zero-order valence-corrected chi connectivity index (χ0v) is 13.0. The molecule has 24 heavy (non-hydrogen) atoms. The molecule has 2 unspecified atom stereocenters. The summed E-state index contributed by atoms with van der Waals surface area (Å²) in [6.45, 7) is -1.24. The molecule has 13 nitrogen and oxygen atoms in total. The van der Waals surface area contributed by atoms with Crippen molar-refractivity contribution in [3.63, 3.8) is 0 Å². The molecular weight excluding hydrogens is 349 g/mol. The molecule has 0 aliphatic heterocycles. The van der Waals surface area contributed by atoms with E-state index in [9.17, 15) is 19.7 Å². The standard InChI is InChI=1S/C10H16N5O8P/c11-8-7-9(13-3-12-8)15(4-14-7)1-5(10(18)19)23-24(20,21)22-2-6(16)17/h3-6,10,16-19H,1-2H2,(H,20,21)(H2,11,12,13). The van der Waals surface area contributed by atoms with E-state index >= 15 is 0 Å². The normalized spacial score (nSPS) is 16.0. The van der Waals surface area contributed by atoms with E-state index in [1.807, 2.05) is 0 Å². The van der Waals surface area contributed by atoms with Crippen LogP contribution in [-0.4, -0.2) is 70.1 Å². The molecule has 2 aromatic rings. The lowest BCUT2D eigenvalue weighted by Gasteiger charge is -2.22. The van der Waals surface area contributed by atoms with Crippen molar-refractivity contribution in [1.82, 2.24) is 19.5 Å². The van der Waals surface area contributed by atoms with Crippen LogP contribution < -0.4 is 5.73 Å². The summed E-state index contributed by atoms with van der Waals surface area (Å²) >= 11 is 0. The number of hydrogen-bond acceptors (Lipinski definition) is 11. The van der Waals surface area contributed by atoms with E-state index in [-0.39, 0.29) is 23.5 Å². The fourth-order valence-electron chi connectivity index (χ4n) is 1.77. The Morgan fingerprint density at radius 3 is 2.58 bits per heavy atom. The highest BCUT2D eigenvalue weighted by atomic mass is 31.2. The highest BCUT2D eigenvalue weighted by Gasteiger charge is 2.31. The van der Waals surface area contributed by atoms with Crippen LogP contribution in [0.2, 0.25) is 0 Å². The third-order valence-electron chi connectivity index (χ3n) is 2.79. The van der Waals surface area contributed by atoms with Gasteiger partial charge in [-0.3, -0.25) is 9.05 Å². The van der Waals surface area contributed by atoms with Gasteiger partial charge in [-0.15, -0.1) is 0 Å². The smallest absolute Gasteiger partial charge is 0.382 e. The van der Waals surface area contributed by atoms with Crippen molar-refractivity contribution in [2.75, 3.05) is 12.3 Å². The van der Waals surface area contributed by atoms with Crippen LogP contribution in [0.1, 0.15) is 0 Å². The first-order valence-corrected chi connectivity index (χ1v) is 7.98. The second-order valence-electron chi connectivity index (χ2n) is 4.63. The average Bonchev–Trinajstić information content (AvgIpc) is 2.89. The summed E-state index contributed by atoms with van der Waals surface area (Å²) in [4.78, 5) is 21.1. The molecule has 0 bridgehead atoms. The first-order valence-electron chi connectivity index (χ1n) is 6.49. The number of nitrogens with two attached hydrogens (primary N) is 1. The summed E-state index contributed by atoms with van der Waals surface area (Å²) < 4.78 is 21.9. The van der Waals surface area contributed by atoms with Gasteiger partial charge in [-0.25, -0.2) is 19.5 Å². The molecule has 7 N–H and O–H groups in total. The lowest BCUT2D eigenvalue weighted by atomic mass is 10.3. The van der Waals surface area contributed by atoms with Crippen LogP contribution in [0.4, 0.5) is 5.82 Å². The Morgan fingerprint density at radius 1 is 1.25 bits per heavy atom. The van der Waals surface area contributed by atoms with Gasteiger partial charge in [-0.1, -0.05) is 0 Å². The predicted octanol–water partition coefficient (Wildman–Crippen LogP) is -2.47. The number of phosphoric ester groups is 1. The number of nitrogen functional groups attached to an aromatic ring is 1. The number of aliphatic hydroxyl groups excluding tert-OH is 2. The fourth-order valence-corrected chi connectivity index (χ4v) is 2.67. The zero-order valence-electron chi connectivity index (χ0n) is 12.1. The van der Waals surface area contributed by atoms with E-state index < -0.39 is 33.1 Å². The molecule has 2 heterocycles. The van der Waals surface area contributed by atoms with Crippen LogP contribution >= 0.6 is 7.82 Å². The fraction of sp³-hybridized carbons (Fsp3) is 0.500. The number of rotatable bonds is 8. The molecule has 134 valence electrons. The third-order valence-corrected chi connectivity index (χ3v) is 3.81. The molecule has 0 radical (unpaired) electrons. The number of aliphatic hydroxyl groups is 4. The molecule has 0 aromatic carbocycles. The predicted molar refractivity (Wildman–Crippen MR) is 76.8 cm³/mol. The van der Waals surface area contributed by atoms with Gasteiger partial charge in [0.05, 0.1) is 12.9 Å². The lowest BCUT2D eigenvalue weighted by molar-refractivity contribution is -0.127. The SMILES string of the molecule is Nc1ncnc2c1ncn2CC(OP(=O)(O)OCC(O)O)C(O)O. The van der Waals surface area contributed by atoms with Gasteiger partial charge in [0.2, 0.25) is 0 Å². The molecule has 0 amide bonds. The van der Waals surface area contributed by atoms with Crippen molar-refractivity contribution in [3.8, 4) is 0 Å². The Hall–Kier alpha value is -1.70. The van der Waals surface area contributed by atoms with Crippen molar-refractivity contribution in [2.45, 2.75) is 25.2 Å². The van der Waals surface area contributed by atoms with E-state index in [1.165, 1.54) is 17.2 Å². The van der Waals surface area contributed by atoms with Crippen molar-refractivity contribution in [3.05, 3.63) is 12.7 Å². The Balaban J connectivity index is 2.16. The van der Waals surface area contributed by atoms with Gasteiger partial charge < -0.3 is 35.6 Å². The van der Waals surface area contributed by atoms with Gasteiger partial charge in [-0.05, 0) is 0 Å². The molecule has 2 aromatic heterocycles. The average molecular weight is 365 g/mol. The van der Waals surface area contributed by atoms with Gasteiger partial charge in [-0.2, -0.15) is 0 Å². The maximum absolute atomic E-state index is 11.7. The molecule has 14 heteroatoms. The Kier molecular flexibility index (Phi) is 5.79. The van der Waals surface area contributed by atoms with Gasteiger partial charge in [0.15, 0.2) is 24.0 Å². The second-order valence-corrected chi connectivity index (χ2v) is 6.04. The molecular formula is C10H16N5O8P. The summed E-state index contributed by atoms with van der Waals surface area (Å²) in [6, 6.07) is 0. The monoisotopic (exact) mass is 365 g/mol. The number of anilines is 1. The van der Waals surface area contributed by atoms with E-state index in [4.69, 9.17) is 15.9 Å². The number of aromatic nitrogens is 4. The summed E-state index contributed by atoms with van der Waals surface area (Å²) in [5, 5.41) is 35.9. The zero-order chi connectivity index (χ0) is 17.9. The van der Waals surface area contributed by atoms with Gasteiger partial charge in [0.25, 0.3) is 0 Å². The second kappa shape index (κ2) is 7.46. The molecule has 2 atom stereocenters. The maximum Gasteiger partial charge on any atom is 0.472 e. The summed E-state index contributed by atoms with van der Waals surface area (Å²) in [5.41, 5.74) is 6.13. The topological polar surface area (TPSA) is 206 Å². The van der Waals surface area contributed by atoms with Gasteiger partial charge in [0.1, 0.15) is 24.6 Å². The van der Waals surface area contributed by atoms with E-state index in [0.717, 1.165) is 0 Å². The summed E-state index contributed by atoms with van der Waals surface area (Å²) in [6.07, 6.45) is -3.32. The Labute approximate surface area is 134 Å². The molecule has 0 aliphatic rings. The molecule has 0 saturated carbocycles. The van der Waals surface area contributed by atoms with Crippen molar-refractivity contribution >= 4 is 24.8 Å². The van der Waals surface area contributed by atoms with Crippen molar-refractivity contribution in [1.29, 1.82) is 0 Å². The number of imidazole rings is 1. The maximum atomic E-state index is 11.7.